The summed E-state index contributed by atoms with van der Waals surface area (Å²) in [6, 6.07) is 49.7. The lowest BCUT2D eigenvalue weighted by Crippen LogP contribution is -2.25. The summed E-state index contributed by atoms with van der Waals surface area (Å²) >= 11 is 17.4. The van der Waals surface area contributed by atoms with Crippen LogP contribution in [0.15, 0.2) is 121 Å². The van der Waals surface area contributed by atoms with Crippen molar-refractivity contribution in [2.75, 3.05) is 0 Å². The van der Waals surface area contributed by atoms with Gasteiger partial charge in [0.1, 0.15) is 11.0 Å². The predicted molar refractivity (Wildman–Crippen MR) is 509 cm³/mol. The van der Waals surface area contributed by atoms with Crippen LogP contribution in [-0.2, 0) is 31.1 Å². The van der Waals surface area contributed by atoms with E-state index in [9.17, 15) is 0 Å². The van der Waals surface area contributed by atoms with Crippen LogP contribution in [0, 0.1) is 13.8 Å². The van der Waals surface area contributed by atoms with Gasteiger partial charge in [-0.25, -0.2) is 0 Å². The van der Waals surface area contributed by atoms with E-state index in [1.54, 1.807) is 16.7 Å². The topological polar surface area (TPSA) is 25.8 Å². The number of aryl methyl sites for hydroxylation is 6. The molecule has 112 heavy (non-hydrogen) atoms. The van der Waals surface area contributed by atoms with Crippen LogP contribution in [0.25, 0.3) is 112 Å². The fourth-order valence-electron chi connectivity index (χ4n) is 17.7. The first-order valence-electron chi connectivity index (χ1n) is 44.5. The van der Waals surface area contributed by atoms with Gasteiger partial charge >= 0.3 is 0 Å². The molecule has 0 saturated carbocycles. The number of rotatable bonds is 51. The van der Waals surface area contributed by atoms with E-state index in [-0.39, 0.29) is 5.41 Å². The third kappa shape index (κ3) is 21.5. The van der Waals surface area contributed by atoms with E-state index >= 15 is 0 Å². The molecular weight excluding hydrogens is 1530 g/mol. The SMILES string of the molecule is CCCCCCCCc1cc(C)sc1-c1ccc(-c2ccc(-c3sc(-c4ccc(-c5cc(CCCCCCCC)c(-c6ccc(-c7ccc(-c8sc(-c9ccc%10c(c9)-c9cc(C)ccc9C%10(CCCCCCCC)CCCCCCCC)cc8CCCCCCCC)s7)s6)s5)c5nsnc45)cc3CCCCCCCC)s2)s1. The average molecular weight is 1660 g/mol. The number of thiophene rings is 8. The molecule has 12 aromatic rings. The van der Waals surface area contributed by atoms with Crippen molar-refractivity contribution in [1.29, 1.82) is 0 Å². The Bertz CT molecular complexity index is 4820. The minimum absolute atomic E-state index is 0.0916. The molecule has 0 unspecified atom stereocenters. The van der Waals surface area contributed by atoms with Crippen molar-refractivity contribution in [3.05, 3.63) is 165 Å². The third-order valence-corrected chi connectivity index (χ3v) is 34.7. The first-order chi connectivity index (χ1) is 55.1. The zero-order valence-corrected chi connectivity index (χ0v) is 76.7. The van der Waals surface area contributed by atoms with Gasteiger partial charge in [0.25, 0.3) is 0 Å². The molecule has 0 aliphatic heterocycles. The van der Waals surface area contributed by atoms with Gasteiger partial charge in [0.15, 0.2) is 0 Å². The molecule has 0 bridgehead atoms. The highest BCUT2D eigenvalue weighted by atomic mass is 32.1. The summed E-state index contributed by atoms with van der Waals surface area (Å²) < 4.78 is 10.4. The number of unbranched alkanes of at least 4 members (excludes halogenated alkanes) is 30. The lowest BCUT2D eigenvalue weighted by molar-refractivity contribution is 0.398. The minimum atomic E-state index is 0.0916. The zero-order chi connectivity index (χ0) is 77.4. The molecule has 3 aromatic carbocycles. The maximum atomic E-state index is 5.21. The van der Waals surface area contributed by atoms with Crippen LogP contribution in [-0.4, -0.2) is 8.75 Å². The molecule has 0 amide bonds. The summed E-state index contributed by atoms with van der Waals surface area (Å²) in [6.07, 6.45) is 54.6. The fourth-order valence-corrected chi connectivity index (χ4v) is 27.8. The van der Waals surface area contributed by atoms with E-state index in [0.717, 1.165) is 30.3 Å². The average Bonchev–Trinajstić information content (AvgIpc) is 1.56. The molecule has 9 aromatic heterocycles. The van der Waals surface area contributed by atoms with Crippen molar-refractivity contribution < 1.29 is 0 Å². The van der Waals surface area contributed by atoms with E-state index in [2.05, 4.69) is 188 Å². The van der Waals surface area contributed by atoms with Crippen molar-refractivity contribution >= 4 is 113 Å². The van der Waals surface area contributed by atoms with Gasteiger partial charge < -0.3 is 0 Å². The fraction of sp³-hybridized carbons (Fsp3) is 0.505. The monoisotopic (exact) mass is 1660 g/mol. The molecule has 0 spiro atoms. The lowest BCUT2D eigenvalue weighted by Gasteiger charge is -2.33. The van der Waals surface area contributed by atoms with Gasteiger partial charge in [-0.2, -0.15) is 8.75 Å². The van der Waals surface area contributed by atoms with Crippen LogP contribution in [0.3, 0.4) is 0 Å². The van der Waals surface area contributed by atoms with Crippen molar-refractivity contribution in [2.24, 2.45) is 0 Å². The van der Waals surface area contributed by atoms with Crippen molar-refractivity contribution in [3.8, 4) is 101 Å². The Labute approximate surface area is 712 Å². The second-order valence-electron chi connectivity index (χ2n) is 32.9. The van der Waals surface area contributed by atoms with E-state index in [1.807, 2.05) is 79.4 Å². The maximum Gasteiger partial charge on any atom is 0.114 e. The first kappa shape index (κ1) is 85.0. The van der Waals surface area contributed by atoms with E-state index in [0.29, 0.717) is 0 Å². The Morgan fingerprint density at radius 1 is 0.250 bits per heavy atom. The molecule has 0 N–H and O–H groups in total. The molecule has 0 fully saturated rings. The van der Waals surface area contributed by atoms with Gasteiger partial charge in [0.2, 0.25) is 0 Å². The summed E-state index contributed by atoms with van der Waals surface area (Å²) in [7, 11) is 0. The summed E-state index contributed by atoms with van der Waals surface area (Å²) in [6.45, 7) is 18.6. The number of hydrogen-bond acceptors (Lipinski definition) is 11. The van der Waals surface area contributed by atoms with Gasteiger partial charge in [-0.1, -0.05) is 295 Å². The third-order valence-electron chi connectivity index (χ3n) is 24.0. The van der Waals surface area contributed by atoms with Crippen LogP contribution in [0.4, 0.5) is 0 Å². The van der Waals surface area contributed by atoms with Gasteiger partial charge in [-0.3, -0.25) is 0 Å². The van der Waals surface area contributed by atoms with Gasteiger partial charge in [0, 0.05) is 94.6 Å². The Hall–Kier alpha value is -4.92. The molecule has 1 aliphatic carbocycles. The van der Waals surface area contributed by atoms with E-state index in [1.165, 1.54) is 390 Å². The normalized spacial score (nSPS) is 12.6. The van der Waals surface area contributed by atoms with Gasteiger partial charge in [-0.05, 0) is 207 Å². The summed E-state index contributed by atoms with van der Waals surface area (Å²) in [5, 5.41) is 0. The molecule has 11 heteroatoms. The smallest absolute Gasteiger partial charge is 0.114 e. The number of hydrogen-bond donors (Lipinski definition) is 0. The number of benzene rings is 3. The van der Waals surface area contributed by atoms with Crippen LogP contribution >= 0.6 is 102 Å². The van der Waals surface area contributed by atoms with Gasteiger partial charge in [-0.15, -0.1) is 90.7 Å². The second kappa shape index (κ2) is 43.5. The standard InChI is InChI=1S/C101H128N2S9/c1-9-15-21-27-33-39-45-74-66-72(8)104-97(74)88-59-55-84(105-88)85-57-61-90(107-85)99-76(47-41-35-29-23-17-11-3)69-93(110-99)78-51-52-79(96-95(78)102-112-103-96)94-70-77(48-42-36-30-24-18-12-4)100(111-94)91-62-58-87(108-91)86-56-60-89(106-86)98-75(46-40-34-28-22-16-10-2)68-92(109-98)73-50-54-83-81(67-73)80-65-71(7)49-53-82(80)101(83,63-43-37-31-25-19-13-5)64-44-38-32-26-20-14-6/h49-62,65-70H,9-48,63-64H2,1-8H3. The van der Waals surface area contributed by atoms with Crippen molar-refractivity contribution in [3.63, 3.8) is 0 Å². The molecular formula is C101H128N2S9. The lowest BCUT2D eigenvalue weighted by atomic mass is 9.70. The number of aromatic nitrogens is 2. The number of fused-ring (bicyclic) bond motifs is 4. The molecule has 0 radical (unpaired) electrons. The highest BCUT2D eigenvalue weighted by Crippen LogP contribution is 2.57. The molecule has 0 saturated heterocycles. The zero-order valence-electron chi connectivity index (χ0n) is 69.3. The second-order valence-corrected chi connectivity index (χ2v) is 42.2. The summed E-state index contributed by atoms with van der Waals surface area (Å²) in [5.74, 6) is 0. The molecule has 13 rings (SSSR count). The Morgan fingerprint density at radius 3 is 0.955 bits per heavy atom. The molecule has 9 heterocycles. The van der Waals surface area contributed by atoms with Crippen molar-refractivity contribution in [1.82, 2.24) is 8.75 Å². The highest BCUT2D eigenvalue weighted by Gasteiger charge is 2.42. The van der Waals surface area contributed by atoms with Crippen LogP contribution < -0.4 is 0 Å². The van der Waals surface area contributed by atoms with Crippen LogP contribution in [0.5, 0.6) is 0 Å². The van der Waals surface area contributed by atoms with Crippen LogP contribution in [0.1, 0.15) is 329 Å². The van der Waals surface area contributed by atoms with Crippen LogP contribution in [0.2, 0.25) is 0 Å². The van der Waals surface area contributed by atoms with E-state index < -0.39 is 0 Å². The van der Waals surface area contributed by atoms with Gasteiger partial charge in [0.05, 0.1) is 11.7 Å². The Balaban J connectivity index is 0.779. The highest BCUT2D eigenvalue weighted by molar-refractivity contribution is 7.30. The van der Waals surface area contributed by atoms with E-state index in [4.69, 9.17) is 8.75 Å². The summed E-state index contributed by atoms with van der Waals surface area (Å²) in [4.78, 5) is 22.4. The molecule has 596 valence electrons. The quantitative estimate of drug-likeness (QED) is 0.0355. The Kier molecular flexibility index (Phi) is 33.0. The largest absolute Gasteiger partial charge is 0.172 e. The first-order valence-corrected chi connectivity index (χ1v) is 51.8. The molecule has 1 aliphatic rings. The predicted octanol–water partition coefficient (Wildman–Crippen LogP) is 37.2. The molecule has 0 atom stereocenters. The summed E-state index contributed by atoms with van der Waals surface area (Å²) in [5.41, 5.74) is 19.7. The van der Waals surface area contributed by atoms with Crippen molar-refractivity contribution in [2.45, 2.75) is 330 Å². The number of nitrogens with zero attached hydrogens (tertiary/aromatic N) is 2. The Morgan fingerprint density at radius 2 is 0.562 bits per heavy atom. The maximum absolute atomic E-state index is 5.21. The molecule has 2 nitrogen and oxygen atoms in total. The minimum Gasteiger partial charge on any atom is -0.172 e.